The highest BCUT2D eigenvalue weighted by atomic mass is 16.4. The van der Waals surface area contributed by atoms with Crippen LogP contribution >= 0.6 is 0 Å². The number of hydrazine groups is 1. The smallest absolute Gasteiger partial charge is 0.317 e. The Labute approximate surface area is 180 Å². The molecule has 0 heterocycles. The lowest BCUT2D eigenvalue weighted by Crippen LogP contribution is -2.45. The molecule has 0 bridgehead atoms. The van der Waals surface area contributed by atoms with Crippen LogP contribution in [0.15, 0.2) is 0 Å². The molecule has 0 rings (SSSR count). The third kappa shape index (κ3) is 15.7. The summed E-state index contributed by atoms with van der Waals surface area (Å²) < 4.78 is 0. The second-order valence-corrected chi connectivity index (χ2v) is 7.04. The number of hydrogen-bond donors (Lipinski definition) is 6. The molecule has 31 heavy (non-hydrogen) atoms. The molecule has 13 nitrogen and oxygen atoms in total. The van der Waals surface area contributed by atoms with E-state index in [1.807, 2.05) is 0 Å². The normalized spacial score (nSPS) is 11.9. The van der Waals surface area contributed by atoms with Crippen molar-refractivity contribution < 1.29 is 39.3 Å². The first-order valence-electron chi connectivity index (χ1n) is 9.89. The Morgan fingerprint density at radius 3 is 1.94 bits per heavy atom. The Kier molecular flexibility index (Phi) is 14.6. The fraction of sp³-hybridized carbons (Fsp3) is 0.722. The summed E-state index contributed by atoms with van der Waals surface area (Å²) in [6, 6.07) is -0.248. The molecular weight excluding hydrogens is 414 g/mol. The molecule has 0 fully saturated rings. The van der Waals surface area contributed by atoms with Gasteiger partial charge in [-0.3, -0.25) is 39.2 Å². The maximum absolute atomic E-state index is 12.1. The zero-order chi connectivity index (χ0) is 23.8. The summed E-state index contributed by atoms with van der Waals surface area (Å²) in [7, 11) is 1.54. The lowest BCUT2D eigenvalue weighted by Gasteiger charge is -2.27. The molecule has 0 spiro atoms. The number of carboxylic acids is 3. The zero-order valence-electron chi connectivity index (χ0n) is 17.9. The summed E-state index contributed by atoms with van der Waals surface area (Å²) in [5, 5.41) is 29.4. The van der Waals surface area contributed by atoms with E-state index in [0.717, 1.165) is 0 Å². The molecule has 0 aromatic rings. The average Bonchev–Trinajstić information content (AvgIpc) is 2.63. The minimum atomic E-state index is -1.11. The largest absolute Gasteiger partial charge is 0.480 e. The van der Waals surface area contributed by atoms with Crippen molar-refractivity contribution in [1.29, 1.82) is 0 Å². The molecule has 0 aliphatic rings. The molecule has 0 aliphatic heterocycles. The molecule has 13 heteroatoms. The van der Waals surface area contributed by atoms with E-state index >= 15 is 0 Å². The van der Waals surface area contributed by atoms with Crippen molar-refractivity contribution in [2.24, 2.45) is 0 Å². The molecule has 0 aromatic carbocycles. The molecule has 1 atom stereocenters. The molecular formula is C18H33N5O8. The van der Waals surface area contributed by atoms with Crippen LogP contribution in [0, 0.1) is 0 Å². The van der Waals surface area contributed by atoms with Crippen molar-refractivity contribution >= 4 is 29.7 Å². The maximum atomic E-state index is 12.1. The predicted molar refractivity (Wildman–Crippen MR) is 109 cm³/mol. The number of unbranched alkanes of at least 4 members (excludes halogenated alkanes) is 1. The van der Waals surface area contributed by atoms with E-state index in [0.29, 0.717) is 19.3 Å². The van der Waals surface area contributed by atoms with Gasteiger partial charge in [-0.25, -0.2) is 5.43 Å². The van der Waals surface area contributed by atoms with Crippen LogP contribution in [-0.2, 0) is 24.0 Å². The Balaban J connectivity index is 4.50. The highest BCUT2D eigenvalue weighted by Crippen LogP contribution is 2.09. The summed E-state index contributed by atoms with van der Waals surface area (Å²) in [4.78, 5) is 59.0. The first-order valence-corrected chi connectivity index (χ1v) is 9.89. The number of aliphatic carboxylic acids is 3. The second-order valence-electron chi connectivity index (χ2n) is 7.04. The molecule has 0 aliphatic carbocycles. The van der Waals surface area contributed by atoms with Crippen LogP contribution in [0.4, 0.5) is 0 Å². The van der Waals surface area contributed by atoms with Crippen LogP contribution in [0.5, 0.6) is 0 Å². The molecule has 178 valence electrons. The van der Waals surface area contributed by atoms with Gasteiger partial charge >= 0.3 is 17.9 Å². The lowest BCUT2D eigenvalue weighted by atomic mass is 10.1. The van der Waals surface area contributed by atoms with E-state index in [4.69, 9.17) is 15.3 Å². The average molecular weight is 447 g/mol. The summed E-state index contributed by atoms with van der Waals surface area (Å²) in [6.07, 6.45) is 1.74. The van der Waals surface area contributed by atoms with Crippen LogP contribution in [0.1, 0.15) is 32.6 Å². The Morgan fingerprint density at radius 2 is 1.42 bits per heavy atom. The summed E-state index contributed by atoms with van der Waals surface area (Å²) in [5.41, 5.74) is 4.84. The molecule has 0 saturated carbocycles. The van der Waals surface area contributed by atoms with Crippen molar-refractivity contribution in [3.8, 4) is 0 Å². The zero-order valence-corrected chi connectivity index (χ0v) is 17.9. The van der Waals surface area contributed by atoms with Crippen LogP contribution in [0.3, 0.4) is 0 Å². The van der Waals surface area contributed by atoms with Gasteiger partial charge < -0.3 is 20.6 Å². The number of carbonyl (C=O) groups is 5. The minimum absolute atomic E-state index is 0.0737. The monoisotopic (exact) mass is 447 g/mol. The van der Waals surface area contributed by atoms with E-state index in [2.05, 4.69) is 16.2 Å². The quantitative estimate of drug-likeness (QED) is 0.102. The van der Waals surface area contributed by atoms with Gasteiger partial charge in [0.1, 0.15) is 0 Å². The van der Waals surface area contributed by atoms with Crippen LogP contribution in [0.2, 0.25) is 0 Å². The van der Waals surface area contributed by atoms with E-state index in [1.165, 1.54) is 16.8 Å². The fourth-order valence-electron chi connectivity index (χ4n) is 2.85. The summed E-state index contributed by atoms with van der Waals surface area (Å²) >= 11 is 0. The first-order chi connectivity index (χ1) is 14.5. The van der Waals surface area contributed by atoms with Crippen molar-refractivity contribution in [3.63, 3.8) is 0 Å². The topological polar surface area (TPSA) is 189 Å². The van der Waals surface area contributed by atoms with E-state index in [9.17, 15) is 24.0 Å². The van der Waals surface area contributed by atoms with Gasteiger partial charge in [-0.05, 0) is 26.3 Å². The van der Waals surface area contributed by atoms with Gasteiger partial charge in [0, 0.05) is 26.1 Å². The molecule has 0 saturated heterocycles. The SMILES string of the molecule is CNNC(=O)CCNC(=O)CN(CC(=O)O)C(C)CCCCN(CC(=O)O)CC(=O)O. The van der Waals surface area contributed by atoms with Gasteiger partial charge in [0.2, 0.25) is 11.8 Å². The predicted octanol–water partition coefficient (Wildman–Crippen LogP) is -1.84. The van der Waals surface area contributed by atoms with Crippen LogP contribution < -0.4 is 16.2 Å². The minimum Gasteiger partial charge on any atom is -0.480 e. The summed E-state index contributed by atoms with van der Waals surface area (Å²) in [5.74, 6) is -4.01. The van der Waals surface area contributed by atoms with Crippen molar-refractivity contribution in [2.45, 2.75) is 38.6 Å². The summed E-state index contributed by atoms with van der Waals surface area (Å²) in [6.45, 7) is 0.941. The Bertz CT molecular complexity index is 600. The molecule has 2 amide bonds. The van der Waals surface area contributed by atoms with Crippen molar-refractivity contribution in [2.75, 3.05) is 46.3 Å². The van der Waals surface area contributed by atoms with Crippen LogP contribution in [0.25, 0.3) is 0 Å². The number of hydrogen-bond acceptors (Lipinski definition) is 8. The van der Waals surface area contributed by atoms with Gasteiger partial charge in [-0.15, -0.1) is 0 Å². The fourth-order valence-corrected chi connectivity index (χ4v) is 2.85. The van der Waals surface area contributed by atoms with Crippen LogP contribution in [-0.4, -0.2) is 107 Å². The van der Waals surface area contributed by atoms with Gasteiger partial charge in [-0.2, -0.15) is 0 Å². The van der Waals surface area contributed by atoms with Crippen molar-refractivity contribution in [1.82, 2.24) is 26.0 Å². The highest BCUT2D eigenvalue weighted by molar-refractivity contribution is 5.80. The van der Waals surface area contributed by atoms with Gasteiger partial charge in [-0.1, -0.05) is 6.42 Å². The number of nitrogens with zero attached hydrogens (tertiary/aromatic N) is 2. The Hall–Kier alpha value is -2.77. The van der Waals surface area contributed by atoms with Crippen molar-refractivity contribution in [3.05, 3.63) is 0 Å². The van der Waals surface area contributed by atoms with E-state index in [1.54, 1.807) is 6.92 Å². The number of nitrogens with one attached hydrogen (secondary N) is 3. The second kappa shape index (κ2) is 16.0. The third-order valence-electron chi connectivity index (χ3n) is 4.31. The van der Waals surface area contributed by atoms with Gasteiger partial charge in [0.15, 0.2) is 0 Å². The number of rotatable bonds is 18. The van der Waals surface area contributed by atoms with Gasteiger partial charge in [0.25, 0.3) is 0 Å². The lowest BCUT2D eigenvalue weighted by molar-refractivity contribution is -0.142. The number of carbonyl (C=O) groups excluding carboxylic acids is 2. The van der Waals surface area contributed by atoms with Gasteiger partial charge in [0.05, 0.1) is 26.2 Å². The molecule has 1 unspecified atom stereocenters. The number of carboxylic acid groups (broad SMARTS) is 3. The Morgan fingerprint density at radius 1 is 0.839 bits per heavy atom. The highest BCUT2D eigenvalue weighted by Gasteiger charge is 2.20. The standard InChI is InChI=1S/C18H33N5O8/c1-13(5-3-4-8-22(10-16(26)27)11-17(28)29)23(12-18(30)31)9-15(25)20-7-6-14(24)21-19-2/h13,19H,3-12H2,1-2H3,(H,20,25)(H,21,24)(H,26,27)(H,28,29)(H,30,31). The maximum Gasteiger partial charge on any atom is 0.317 e. The molecule has 0 radical (unpaired) electrons. The third-order valence-corrected chi connectivity index (χ3v) is 4.31. The number of amides is 2. The first kappa shape index (κ1) is 28.2. The molecule has 6 N–H and O–H groups in total. The van der Waals surface area contributed by atoms with E-state index in [-0.39, 0.29) is 57.6 Å². The van der Waals surface area contributed by atoms with E-state index < -0.39 is 23.8 Å². The molecule has 0 aromatic heterocycles.